The molecule has 5 heteroatoms. The summed E-state index contributed by atoms with van der Waals surface area (Å²) in [6, 6.07) is 1.99. The lowest BCUT2D eigenvalue weighted by Crippen LogP contribution is -2.33. The number of aromatic amines is 1. The molecule has 0 aliphatic rings. The minimum absolute atomic E-state index is 0.0971. The molecule has 0 saturated carbocycles. The molecule has 0 bridgehead atoms. The summed E-state index contributed by atoms with van der Waals surface area (Å²) in [5, 5.41) is 13.7. The fourth-order valence-corrected chi connectivity index (χ4v) is 1.23. The Balaban J connectivity index is 2.53. The molecule has 0 radical (unpaired) electrons. The summed E-state index contributed by atoms with van der Waals surface area (Å²) in [4.78, 5) is 4.21. The Bertz CT molecular complexity index is 445. The van der Waals surface area contributed by atoms with Crippen molar-refractivity contribution < 1.29 is 0 Å². The number of hydrogen-bond donors (Lipinski definition) is 2. The Hall–Kier alpha value is -1.49. The van der Waals surface area contributed by atoms with E-state index in [1.807, 2.05) is 19.3 Å². The van der Waals surface area contributed by atoms with E-state index in [4.69, 9.17) is 0 Å². The van der Waals surface area contributed by atoms with Crippen LogP contribution in [0.3, 0.4) is 0 Å². The predicted molar refractivity (Wildman–Crippen MR) is 53.8 cm³/mol. The fraction of sp³-hybridized carbons (Fsp3) is 0.444. The van der Waals surface area contributed by atoms with Gasteiger partial charge in [-0.15, -0.1) is 5.10 Å². The lowest BCUT2D eigenvalue weighted by molar-refractivity contribution is 0.444. The van der Waals surface area contributed by atoms with E-state index in [2.05, 4.69) is 39.6 Å². The van der Waals surface area contributed by atoms with Crippen molar-refractivity contribution in [3.8, 4) is 0 Å². The van der Waals surface area contributed by atoms with Crippen molar-refractivity contribution in [1.82, 2.24) is 25.7 Å². The van der Waals surface area contributed by atoms with Gasteiger partial charge in [0.2, 0.25) is 5.65 Å². The SMILES string of the molecule is CNC(C)(C)c1cnc2n[nH]nc2c1. The number of H-pyrrole nitrogens is 1. The van der Waals surface area contributed by atoms with Gasteiger partial charge >= 0.3 is 0 Å². The molecule has 0 spiro atoms. The van der Waals surface area contributed by atoms with E-state index in [0.29, 0.717) is 5.65 Å². The molecule has 0 aliphatic carbocycles. The Morgan fingerprint density at radius 2 is 2.14 bits per heavy atom. The molecule has 0 atom stereocenters. The summed E-state index contributed by atoms with van der Waals surface area (Å²) in [5.41, 5.74) is 2.45. The first-order chi connectivity index (χ1) is 6.63. The number of pyridine rings is 1. The number of fused-ring (bicyclic) bond motifs is 1. The third-order valence-electron chi connectivity index (χ3n) is 2.52. The van der Waals surface area contributed by atoms with Crippen LogP contribution in [0.1, 0.15) is 19.4 Å². The van der Waals surface area contributed by atoms with E-state index >= 15 is 0 Å². The molecule has 0 amide bonds. The molecule has 0 unspecified atom stereocenters. The minimum atomic E-state index is -0.0971. The molecule has 2 aromatic rings. The average Bonchev–Trinajstić information content (AvgIpc) is 2.64. The minimum Gasteiger partial charge on any atom is -0.311 e. The first-order valence-corrected chi connectivity index (χ1v) is 4.49. The molecule has 0 aromatic carbocycles. The van der Waals surface area contributed by atoms with Gasteiger partial charge in [0.05, 0.1) is 0 Å². The molecule has 2 rings (SSSR count). The largest absolute Gasteiger partial charge is 0.311 e. The molecule has 0 saturated heterocycles. The summed E-state index contributed by atoms with van der Waals surface area (Å²) in [6.07, 6.45) is 1.82. The van der Waals surface area contributed by atoms with Gasteiger partial charge in [-0.1, -0.05) is 0 Å². The maximum Gasteiger partial charge on any atom is 0.201 e. The Morgan fingerprint density at radius 3 is 2.86 bits per heavy atom. The third kappa shape index (κ3) is 1.35. The molecule has 74 valence electrons. The fourth-order valence-electron chi connectivity index (χ4n) is 1.23. The smallest absolute Gasteiger partial charge is 0.201 e. The van der Waals surface area contributed by atoms with E-state index in [0.717, 1.165) is 11.1 Å². The van der Waals surface area contributed by atoms with Crippen LogP contribution >= 0.6 is 0 Å². The molecule has 0 fully saturated rings. The van der Waals surface area contributed by atoms with Crippen LogP contribution in [0.2, 0.25) is 0 Å². The van der Waals surface area contributed by atoms with Crippen molar-refractivity contribution in [2.75, 3.05) is 7.05 Å². The summed E-state index contributed by atoms with van der Waals surface area (Å²) in [7, 11) is 1.92. The zero-order valence-electron chi connectivity index (χ0n) is 8.50. The maximum atomic E-state index is 4.21. The molecular weight excluding hydrogens is 178 g/mol. The van der Waals surface area contributed by atoms with Gasteiger partial charge in [0.1, 0.15) is 5.52 Å². The molecule has 2 heterocycles. The van der Waals surface area contributed by atoms with Gasteiger partial charge in [0.25, 0.3) is 0 Å². The van der Waals surface area contributed by atoms with E-state index in [9.17, 15) is 0 Å². The van der Waals surface area contributed by atoms with Crippen LogP contribution in [0.25, 0.3) is 11.2 Å². The highest BCUT2D eigenvalue weighted by atomic mass is 15.3. The number of rotatable bonds is 2. The molecule has 14 heavy (non-hydrogen) atoms. The highest BCUT2D eigenvalue weighted by molar-refractivity contribution is 5.69. The van der Waals surface area contributed by atoms with Crippen molar-refractivity contribution in [1.29, 1.82) is 0 Å². The topological polar surface area (TPSA) is 66.5 Å². The molecule has 2 aromatic heterocycles. The normalized spacial score (nSPS) is 12.2. The van der Waals surface area contributed by atoms with Crippen LogP contribution in [0, 0.1) is 0 Å². The van der Waals surface area contributed by atoms with E-state index < -0.39 is 0 Å². The summed E-state index contributed by atoms with van der Waals surface area (Å²) >= 11 is 0. The zero-order valence-corrected chi connectivity index (χ0v) is 8.50. The van der Waals surface area contributed by atoms with Gasteiger partial charge in [-0.05, 0) is 32.5 Å². The van der Waals surface area contributed by atoms with Crippen LogP contribution < -0.4 is 5.32 Å². The highest BCUT2D eigenvalue weighted by Crippen LogP contribution is 2.20. The van der Waals surface area contributed by atoms with Crippen LogP contribution in [-0.2, 0) is 5.54 Å². The first kappa shape index (κ1) is 9.08. The molecule has 5 nitrogen and oxygen atoms in total. The first-order valence-electron chi connectivity index (χ1n) is 4.49. The summed E-state index contributed by atoms with van der Waals surface area (Å²) in [5.74, 6) is 0. The summed E-state index contributed by atoms with van der Waals surface area (Å²) < 4.78 is 0. The lowest BCUT2D eigenvalue weighted by Gasteiger charge is -2.23. The van der Waals surface area contributed by atoms with E-state index in [1.165, 1.54) is 0 Å². The molecule has 2 N–H and O–H groups in total. The van der Waals surface area contributed by atoms with Gasteiger partial charge in [-0.3, -0.25) is 0 Å². The van der Waals surface area contributed by atoms with Gasteiger partial charge in [-0.2, -0.15) is 10.3 Å². The zero-order chi connectivity index (χ0) is 10.2. The average molecular weight is 191 g/mol. The van der Waals surface area contributed by atoms with Gasteiger partial charge in [-0.25, -0.2) is 4.98 Å². The number of nitrogens with one attached hydrogen (secondary N) is 2. The lowest BCUT2D eigenvalue weighted by atomic mass is 9.96. The van der Waals surface area contributed by atoms with Crippen LogP contribution in [0.15, 0.2) is 12.3 Å². The van der Waals surface area contributed by atoms with Crippen molar-refractivity contribution in [3.63, 3.8) is 0 Å². The number of hydrogen-bond acceptors (Lipinski definition) is 4. The van der Waals surface area contributed by atoms with Crippen LogP contribution in [-0.4, -0.2) is 27.4 Å². The van der Waals surface area contributed by atoms with Crippen molar-refractivity contribution >= 4 is 11.2 Å². The van der Waals surface area contributed by atoms with E-state index in [1.54, 1.807) is 0 Å². The maximum absolute atomic E-state index is 4.21. The monoisotopic (exact) mass is 191 g/mol. The summed E-state index contributed by atoms with van der Waals surface area (Å²) in [6.45, 7) is 4.19. The quantitative estimate of drug-likeness (QED) is 0.737. The predicted octanol–water partition coefficient (Wildman–Crippen LogP) is 0.807. The molecular formula is C9H13N5. The second-order valence-electron chi connectivity index (χ2n) is 3.77. The standard InChI is InChI=1S/C9H13N5/c1-9(2,10-3)6-4-7-8(11-5-6)13-14-12-7/h4-5,10H,1-3H3,(H,11,12,13,14). The van der Waals surface area contributed by atoms with Crippen LogP contribution in [0.5, 0.6) is 0 Å². The second-order valence-corrected chi connectivity index (χ2v) is 3.77. The van der Waals surface area contributed by atoms with Gasteiger partial charge in [0.15, 0.2) is 0 Å². The van der Waals surface area contributed by atoms with Crippen molar-refractivity contribution in [2.24, 2.45) is 0 Å². The Morgan fingerprint density at radius 1 is 1.36 bits per heavy atom. The van der Waals surface area contributed by atoms with Gasteiger partial charge in [0, 0.05) is 11.7 Å². The van der Waals surface area contributed by atoms with E-state index in [-0.39, 0.29) is 5.54 Å². The van der Waals surface area contributed by atoms with Crippen molar-refractivity contribution in [3.05, 3.63) is 17.8 Å². The number of aromatic nitrogens is 4. The Labute approximate surface area is 81.9 Å². The van der Waals surface area contributed by atoms with Crippen LogP contribution in [0.4, 0.5) is 0 Å². The molecule has 0 aliphatic heterocycles. The van der Waals surface area contributed by atoms with Crippen molar-refractivity contribution in [2.45, 2.75) is 19.4 Å². The second kappa shape index (κ2) is 3.02. The Kier molecular flexibility index (Phi) is 1.96. The van der Waals surface area contributed by atoms with Gasteiger partial charge < -0.3 is 5.32 Å². The third-order valence-corrected chi connectivity index (χ3v) is 2.52. The number of nitrogens with zero attached hydrogens (tertiary/aromatic N) is 3. The highest BCUT2D eigenvalue weighted by Gasteiger charge is 2.18.